The number of rotatable bonds is 11. The Balaban J connectivity index is 1.76. The Hall–Kier alpha value is 0.0400. The van der Waals surface area contributed by atoms with Gasteiger partial charge in [0.15, 0.2) is 12.0 Å². The van der Waals surface area contributed by atoms with E-state index in [-0.39, 0.29) is 12.7 Å². The van der Waals surface area contributed by atoms with Crippen LogP contribution < -0.4 is 0 Å². The second-order valence-corrected chi connectivity index (χ2v) is 10.9. The Morgan fingerprint density at radius 1 is 1.05 bits per heavy atom. The molecule has 3 aliphatic rings. The highest BCUT2D eigenvalue weighted by Crippen LogP contribution is 2.55. The summed E-state index contributed by atoms with van der Waals surface area (Å²) in [5.41, 5.74) is 0.950. The minimum atomic E-state index is -1.64. The fourth-order valence-electron chi connectivity index (χ4n) is 4.75. The lowest BCUT2D eigenvalue weighted by atomic mass is 9.88. The monoisotopic (exact) mass is 596 g/mol. The number of fused-ring (bicyclic) bond motifs is 1. The van der Waals surface area contributed by atoms with Crippen LogP contribution in [0.1, 0.15) is 39.7 Å². The summed E-state index contributed by atoms with van der Waals surface area (Å²) < 4.78 is 53.9. The highest BCUT2D eigenvalue weighted by atomic mass is 32.2. The van der Waals surface area contributed by atoms with Gasteiger partial charge in [-0.1, -0.05) is 19.1 Å². The average Bonchev–Trinajstić information content (AvgIpc) is 3.35. The molecule has 3 aliphatic heterocycles. The molecule has 9 unspecified atom stereocenters. The molecule has 0 aliphatic carbocycles. The Morgan fingerprint density at radius 2 is 1.76 bits per heavy atom. The van der Waals surface area contributed by atoms with Crippen LogP contribution >= 0.6 is 40.4 Å². The first-order valence-corrected chi connectivity index (χ1v) is 14.0. The maximum atomic E-state index is 6.65. The van der Waals surface area contributed by atoms with E-state index in [0.29, 0.717) is 12.2 Å². The largest absolute Gasteiger partial charge is 0.487 e. The minimum Gasteiger partial charge on any atom is -0.487 e. The van der Waals surface area contributed by atoms with Crippen molar-refractivity contribution >= 4 is 46.0 Å². The minimum absolute atomic E-state index is 0.180. The molecule has 2 saturated heterocycles. The van der Waals surface area contributed by atoms with Gasteiger partial charge in [-0.3, -0.25) is 4.74 Å². The van der Waals surface area contributed by atoms with Gasteiger partial charge in [0, 0.05) is 38.9 Å². The van der Waals surface area contributed by atoms with E-state index in [1.165, 1.54) is 7.11 Å². The number of hydrogen-bond donors (Lipinski definition) is 0. The van der Waals surface area contributed by atoms with Gasteiger partial charge in [-0.05, 0) is 44.9 Å². The number of hydrogen-bond acceptors (Lipinski definition) is 11. The van der Waals surface area contributed by atoms with Crippen molar-refractivity contribution in [1.29, 1.82) is 0 Å². The Labute approximate surface area is 229 Å². The van der Waals surface area contributed by atoms with Gasteiger partial charge in [-0.2, -0.15) is 4.33 Å². The molecule has 0 radical (unpaired) electrons. The van der Waals surface area contributed by atoms with E-state index < -0.39 is 42.3 Å². The smallest absolute Gasteiger partial charge is 0.349 e. The number of ether oxygens (including phenoxy) is 5. The molecule has 1 spiro atoms. The lowest BCUT2D eigenvalue weighted by Crippen LogP contribution is -2.57. The molecule has 208 valence electrons. The zero-order valence-corrected chi connectivity index (χ0v) is 25.7. The first-order chi connectivity index (χ1) is 17.8. The SMILES string of the molecule is CC[C@]1(C)OC2(OC3OC(COP)C(OP)C(OP)C3O2)C(OC(C)C)=C1c1ccc(SOOC)cc1. The van der Waals surface area contributed by atoms with Crippen LogP contribution in [0.15, 0.2) is 34.9 Å². The van der Waals surface area contributed by atoms with Gasteiger partial charge in [-0.15, -0.1) is 0 Å². The van der Waals surface area contributed by atoms with Crippen LogP contribution in [0.3, 0.4) is 0 Å². The van der Waals surface area contributed by atoms with Crippen molar-refractivity contribution in [2.24, 2.45) is 0 Å². The Kier molecular flexibility index (Phi) is 10.3. The van der Waals surface area contributed by atoms with Crippen LogP contribution in [-0.2, 0) is 46.5 Å². The van der Waals surface area contributed by atoms with Gasteiger partial charge in [0.05, 0.1) is 31.9 Å². The molecular formula is C23H35O10P3S. The van der Waals surface area contributed by atoms with Crippen LogP contribution in [0, 0.1) is 0 Å². The van der Waals surface area contributed by atoms with Gasteiger partial charge in [0.2, 0.25) is 0 Å². The lowest BCUT2D eigenvalue weighted by Gasteiger charge is -2.40. The fourth-order valence-corrected chi connectivity index (χ4v) is 5.98. The van der Waals surface area contributed by atoms with E-state index >= 15 is 0 Å². The molecular weight excluding hydrogens is 561 g/mol. The second-order valence-electron chi connectivity index (χ2n) is 9.23. The summed E-state index contributed by atoms with van der Waals surface area (Å²) in [5.74, 6) is -1.20. The molecule has 0 N–H and O–H groups in total. The normalized spacial score (nSPS) is 35.5. The molecule has 0 aromatic heterocycles. The van der Waals surface area contributed by atoms with E-state index in [2.05, 4.69) is 28.4 Å². The van der Waals surface area contributed by atoms with E-state index in [1.807, 2.05) is 52.0 Å². The van der Waals surface area contributed by atoms with Gasteiger partial charge in [0.25, 0.3) is 0 Å². The summed E-state index contributed by atoms with van der Waals surface area (Å²) in [4.78, 5) is 5.57. The maximum Gasteiger partial charge on any atom is 0.349 e. The zero-order chi connectivity index (χ0) is 26.8. The first-order valence-electron chi connectivity index (χ1n) is 11.9. The molecule has 2 fully saturated rings. The van der Waals surface area contributed by atoms with Crippen LogP contribution in [0.25, 0.3) is 5.57 Å². The van der Waals surface area contributed by atoms with Gasteiger partial charge in [-0.25, -0.2) is 4.89 Å². The summed E-state index contributed by atoms with van der Waals surface area (Å²) in [5, 5.41) is 0. The molecule has 37 heavy (non-hydrogen) atoms. The maximum absolute atomic E-state index is 6.65. The third-order valence-corrected chi connectivity index (χ3v) is 7.98. The summed E-state index contributed by atoms with van der Waals surface area (Å²) in [6.07, 6.45) is -2.56. The van der Waals surface area contributed by atoms with E-state index in [1.54, 1.807) is 0 Å². The van der Waals surface area contributed by atoms with Crippen molar-refractivity contribution in [3.63, 3.8) is 0 Å². The highest BCUT2D eigenvalue weighted by molar-refractivity contribution is 7.94. The van der Waals surface area contributed by atoms with Crippen molar-refractivity contribution in [3.05, 3.63) is 35.6 Å². The molecule has 0 bridgehead atoms. The third kappa shape index (κ3) is 5.91. The Morgan fingerprint density at radius 3 is 2.32 bits per heavy atom. The quantitative estimate of drug-likeness (QED) is 0.156. The molecule has 3 heterocycles. The number of benzene rings is 1. The van der Waals surface area contributed by atoms with Crippen molar-refractivity contribution in [2.75, 3.05) is 13.7 Å². The molecule has 1 aromatic rings. The second kappa shape index (κ2) is 12.7. The van der Waals surface area contributed by atoms with Gasteiger partial charge >= 0.3 is 5.97 Å². The average molecular weight is 597 g/mol. The molecule has 1 aromatic carbocycles. The summed E-state index contributed by atoms with van der Waals surface area (Å²) >= 11 is 1.12. The zero-order valence-electron chi connectivity index (χ0n) is 21.4. The van der Waals surface area contributed by atoms with Crippen molar-refractivity contribution in [1.82, 2.24) is 0 Å². The van der Waals surface area contributed by atoms with E-state index in [0.717, 1.165) is 28.1 Å². The summed E-state index contributed by atoms with van der Waals surface area (Å²) in [6, 6.07) is 7.83. The van der Waals surface area contributed by atoms with Crippen LogP contribution in [0.5, 0.6) is 0 Å². The highest BCUT2D eigenvalue weighted by Gasteiger charge is 2.67. The van der Waals surface area contributed by atoms with Crippen molar-refractivity contribution < 1.29 is 46.5 Å². The molecule has 4 rings (SSSR count). The predicted molar refractivity (Wildman–Crippen MR) is 145 cm³/mol. The summed E-state index contributed by atoms with van der Waals surface area (Å²) in [7, 11) is 8.23. The molecule has 0 saturated carbocycles. The third-order valence-electron chi connectivity index (χ3n) is 6.49. The van der Waals surface area contributed by atoms with Crippen molar-refractivity contribution in [2.45, 2.75) is 87.4 Å². The molecule has 14 heteroatoms. The standard InChI is InChI=1S/C23H35O10P3S/c1-6-22(4)16(13-7-9-14(10-8-13)37-33-24-5)20(26-12(2)3)23(32-22)28-19-18(31-36)17(30-35)15(11-25-34)27-21(19)29-23/h7-10,12,15,17-19,21H,6,11,34-36H2,1-5H3/t15?,17?,18?,19?,21?,22-,23?/m0/s1. The fraction of sp³-hybridized carbons (Fsp3) is 0.652. The van der Waals surface area contributed by atoms with E-state index in [9.17, 15) is 0 Å². The van der Waals surface area contributed by atoms with Gasteiger partial charge < -0.3 is 32.5 Å². The lowest BCUT2D eigenvalue weighted by molar-refractivity contribution is -0.358. The summed E-state index contributed by atoms with van der Waals surface area (Å²) in [6.45, 7) is 8.17. The Bertz CT molecular complexity index is 953. The molecule has 10 atom stereocenters. The first kappa shape index (κ1) is 30.0. The van der Waals surface area contributed by atoms with Crippen LogP contribution in [0.2, 0.25) is 0 Å². The van der Waals surface area contributed by atoms with Crippen LogP contribution in [0.4, 0.5) is 0 Å². The van der Waals surface area contributed by atoms with E-state index in [4.69, 9.17) is 46.5 Å². The van der Waals surface area contributed by atoms with Crippen molar-refractivity contribution in [3.8, 4) is 0 Å². The topological polar surface area (TPSA) is 92.3 Å². The predicted octanol–water partition coefficient (Wildman–Crippen LogP) is 4.56. The van der Waals surface area contributed by atoms with Gasteiger partial charge in [0.1, 0.15) is 30.0 Å². The molecule has 10 nitrogen and oxygen atoms in total. The molecule has 0 amide bonds. The van der Waals surface area contributed by atoms with Crippen LogP contribution in [-0.4, -0.2) is 62.1 Å².